The molecule has 4 fully saturated rings. The summed E-state index contributed by atoms with van der Waals surface area (Å²) in [7, 11) is 0. The second-order valence-corrected chi connectivity index (χ2v) is 10.1. The summed E-state index contributed by atoms with van der Waals surface area (Å²) in [6.07, 6.45) is 6.66. The van der Waals surface area contributed by atoms with Gasteiger partial charge in [0.1, 0.15) is 5.75 Å². The minimum Gasteiger partial charge on any atom is -0.484 e. The van der Waals surface area contributed by atoms with Crippen molar-refractivity contribution in [2.24, 2.45) is 23.0 Å². The Kier molecular flexibility index (Phi) is 4.80. The molecule has 2 amide bonds. The number of nitrogens with one attached hydrogen (secondary N) is 1. The van der Waals surface area contributed by atoms with Crippen LogP contribution in [0.25, 0.3) is 0 Å². The number of aryl methyl sites for hydroxylation is 1. The van der Waals surface area contributed by atoms with Gasteiger partial charge in [-0.05, 0) is 92.5 Å². The van der Waals surface area contributed by atoms with E-state index in [9.17, 15) is 9.59 Å². The quantitative estimate of drug-likeness (QED) is 0.732. The van der Waals surface area contributed by atoms with Gasteiger partial charge < -0.3 is 15.8 Å². The summed E-state index contributed by atoms with van der Waals surface area (Å²) < 4.78 is 5.31. The lowest BCUT2D eigenvalue weighted by molar-refractivity contribution is -0.143. The van der Waals surface area contributed by atoms with Gasteiger partial charge in [-0.3, -0.25) is 9.59 Å². The molecule has 2 aromatic rings. The molecule has 4 aliphatic carbocycles. The van der Waals surface area contributed by atoms with E-state index in [4.69, 9.17) is 10.5 Å². The van der Waals surface area contributed by atoms with Gasteiger partial charge in [-0.25, -0.2) is 0 Å². The van der Waals surface area contributed by atoms with Crippen LogP contribution in [0.5, 0.6) is 5.75 Å². The minimum atomic E-state index is -0.512. The average Bonchev–Trinajstić information content (AvgIpc) is 2.72. The molecule has 2 atom stereocenters. The first-order chi connectivity index (χ1) is 14.9. The fraction of sp³-hybridized carbons (Fsp3) is 0.462. The van der Waals surface area contributed by atoms with Crippen LogP contribution in [0, 0.1) is 24.2 Å². The molecule has 4 saturated carbocycles. The molecule has 162 valence electrons. The Labute approximate surface area is 183 Å². The van der Waals surface area contributed by atoms with Gasteiger partial charge in [-0.2, -0.15) is 0 Å². The van der Waals surface area contributed by atoms with Crippen LogP contribution < -0.4 is 15.8 Å². The molecule has 0 spiro atoms. The molecular formula is C26H30N2O3. The smallest absolute Gasteiger partial charge is 0.255 e. The number of amides is 2. The second kappa shape index (κ2) is 7.40. The molecule has 0 aliphatic heterocycles. The summed E-state index contributed by atoms with van der Waals surface area (Å²) in [5.74, 6) is 1.48. The number of benzene rings is 2. The highest BCUT2D eigenvalue weighted by Crippen LogP contribution is 2.66. The van der Waals surface area contributed by atoms with Gasteiger partial charge in [0.05, 0.1) is 5.41 Å². The number of hydrogen-bond donors (Lipinski definition) is 2. The predicted molar refractivity (Wildman–Crippen MR) is 120 cm³/mol. The highest BCUT2D eigenvalue weighted by atomic mass is 16.5. The van der Waals surface area contributed by atoms with E-state index >= 15 is 0 Å². The van der Waals surface area contributed by atoms with Crippen molar-refractivity contribution < 1.29 is 14.3 Å². The van der Waals surface area contributed by atoms with E-state index in [1.165, 1.54) is 30.4 Å². The summed E-state index contributed by atoms with van der Waals surface area (Å²) in [5.41, 5.74) is 8.44. The monoisotopic (exact) mass is 418 g/mol. The van der Waals surface area contributed by atoms with Crippen molar-refractivity contribution in [2.45, 2.75) is 50.9 Å². The van der Waals surface area contributed by atoms with Crippen molar-refractivity contribution in [1.82, 2.24) is 0 Å². The maximum Gasteiger partial charge on any atom is 0.255 e. The minimum absolute atomic E-state index is 0.140. The van der Waals surface area contributed by atoms with Crippen molar-refractivity contribution in [3.8, 4) is 5.75 Å². The molecule has 0 aromatic heterocycles. The third-order valence-electron chi connectivity index (χ3n) is 7.70. The first-order valence-electron chi connectivity index (χ1n) is 11.3. The predicted octanol–water partition coefficient (Wildman–Crippen LogP) is 4.34. The van der Waals surface area contributed by atoms with Gasteiger partial charge in [0, 0.05) is 5.69 Å². The first-order valence-corrected chi connectivity index (χ1v) is 11.3. The Morgan fingerprint density at radius 2 is 1.65 bits per heavy atom. The van der Waals surface area contributed by atoms with Crippen LogP contribution in [0.2, 0.25) is 0 Å². The topological polar surface area (TPSA) is 81.4 Å². The summed E-state index contributed by atoms with van der Waals surface area (Å²) in [6, 6.07) is 16.2. The van der Waals surface area contributed by atoms with E-state index in [0.29, 0.717) is 17.6 Å². The zero-order valence-electron chi connectivity index (χ0n) is 18.0. The summed E-state index contributed by atoms with van der Waals surface area (Å²) >= 11 is 0. The highest BCUT2D eigenvalue weighted by Gasteiger charge is 2.60. The standard InChI is InChI=1S/C26H30N2O3/c1-17-2-4-20(5-3-17)25-11-18-10-19(12-25)14-26(13-18,16-25)24(30)28-21-6-8-22(9-7-21)31-15-23(27)29/h2-9,18-19H,10-16H2,1H3,(H2,27,29)(H,28,30). The SMILES string of the molecule is Cc1ccc(C23CC4CC(CC(C(=O)Nc5ccc(OCC(N)=O)cc5)(C4)C2)C3)cc1. The van der Waals surface area contributed by atoms with Crippen molar-refractivity contribution in [2.75, 3.05) is 11.9 Å². The zero-order chi connectivity index (χ0) is 21.6. The maximum atomic E-state index is 13.6. The third-order valence-corrected chi connectivity index (χ3v) is 7.70. The molecule has 6 rings (SSSR count). The van der Waals surface area contributed by atoms with Gasteiger partial charge in [0.2, 0.25) is 5.91 Å². The first kappa shape index (κ1) is 20.1. The van der Waals surface area contributed by atoms with E-state index in [1.807, 2.05) is 12.1 Å². The number of carbonyl (C=O) groups excluding carboxylic acids is 2. The Hall–Kier alpha value is -2.82. The summed E-state index contributed by atoms with van der Waals surface area (Å²) in [6.45, 7) is 1.97. The zero-order valence-corrected chi connectivity index (χ0v) is 18.0. The third kappa shape index (κ3) is 3.71. The molecule has 5 nitrogen and oxygen atoms in total. The molecule has 5 heteroatoms. The number of rotatable bonds is 6. The van der Waals surface area contributed by atoms with Crippen molar-refractivity contribution in [3.63, 3.8) is 0 Å². The number of primary amides is 1. The van der Waals surface area contributed by atoms with Crippen LogP contribution in [-0.2, 0) is 15.0 Å². The van der Waals surface area contributed by atoms with Crippen LogP contribution in [0.1, 0.15) is 49.7 Å². The Morgan fingerprint density at radius 1 is 1.00 bits per heavy atom. The number of nitrogens with two attached hydrogens (primary N) is 1. The van der Waals surface area contributed by atoms with Crippen molar-refractivity contribution >= 4 is 17.5 Å². The van der Waals surface area contributed by atoms with E-state index in [2.05, 4.69) is 36.5 Å². The Morgan fingerprint density at radius 3 is 2.26 bits per heavy atom. The summed E-state index contributed by atoms with van der Waals surface area (Å²) in [5, 5.41) is 3.18. The maximum absolute atomic E-state index is 13.6. The highest BCUT2D eigenvalue weighted by molar-refractivity contribution is 5.96. The molecule has 0 heterocycles. The van der Waals surface area contributed by atoms with Crippen LogP contribution in [0.15, 0.2) is 48.5 Å². The van der Waals surface area contributed by atoms with E-state index in [0.717, 1.165) is 24.9 Å². The number of hydrogen-bond acceptors (Lipinski definition) is 3. The second-order valence-electron chi connectivity index (χ2n) is 10.1. The van der Waals surface area contributed by atoms with Crippen LogP contribution >= 0.6 is 0 Å². The molecule has 0 saturated heterocycles. The molecule has 3 N–H and O–H groups in total. The lowest BCUT2D eigenvalue weighted by Crippen LogP contribution is -2.57. The van der Waals surface area contributed by atoms with Crippen molar-refractivity contribution in [1.29, 1.82) is 0 Å². The Balaban J connectivity index is 1.35. The number of ether oxygens (including phenoxy) is 1. The van der Waals surface area contributed by atoms with Crippen LogP contribution in [0.4, 0.5) is 5.69 Å². The van der Waals surface area contributed by atoms with Crippen LogP contribution in [0.3, 0.4) is 0 Å². The molecule has 2 aromatic carbocycles. The number of carbonyl (C=O) groups is 2. The van der Waals surface area contributed by atoms with E-state index in [1.54, 1.807) is 12.1 Å². The molecular weight excluding hydrogens is 388 g/mol. The van der Waals surface area contributed by atoms with Gasteiger partial charge in [0.25, 0.3) is 5.91 Å². The largest absolute Gasteiger partial charge is 0.484 e. The van der Waals surface area contributed by atoms with Gasteiger partial charge in [-0.1, -0.05) is 29.8 Å². The fourth-order valence-electron chi connectivity index (χ4n) is 6.83. The van der Waals surface area contributed by atoms with Crippen LogP contribution in [-0.4, -0.2) is 18.4 Å². The van der Waals surface area contributed by atoms with Crippen molar-refractivity contribution in [3.05, 3.63) is 59.7 Å². The number of anilines is 1. The normalized spacial score (nSPS) is 30.7. The lowest BCUT2D eigenvalue weighted by Gasteiger charge is -2.61. The molecule has 2 unspecified atom stereocenters. The van der Waals surface area contributed by atoms with Gasteiger partial charge >= 0.3 is 0 Å². The van der Waals surface area contributed by atoms with E-state index < -0.39 is 5.91 Å². The molecule has 0 radical (unpaired) electrons. The van der Waals surface area contributed by atoms with E-state index in [-0.39, 0.29) is 23.3 Å². The lowest BCUT2D eigenvalue weighted by atomic mass is 9.42. The summed E-state index contributed by atoms with van der Waals surface area (Å²) in [4.78, 5) is 24.5. The molecule has 31 heavy (non-hydrogen) atoms. The Bertz CT molecular complexity index is 982. The molecule has 4 aliphatic rings. The van der Waals surface area contributed by atoms with Gasteiger partial charge in [0.15, 0.2) is 6.61 Å². The van der Waals surface area contributed by atoms with Gasteiger partial charge in [-0.15, -0.1) is 0 Å². The fourth-order valence-corrected chi connectivity index (χ4v) is 6.83. The average molecular weight is 419 g/mol. The molecule has 4 bridgehead atoms.